The number of benzene rings is 1. The second kappa shape index (κ2) is 5.69. The predicted octanol–water partition coefficient (Wildman–Crippen LogP) is 2.05. The van der Waals surface area contributed by atoms with Crippen molar-refractivity contribution < 1.29 is 9.53 Å². The zero-order chi connectivity index (χ0) is 14.7. The maximum absolute atomic E-state index is 11.4. The van der Waals surface area contributed by atoms with Crippen LogP contribution in [0.5, 0.6) is 0 Å². The van der Waals surface area contributed by atoms with E-state index in [4.69, 9.17) is 5.73 Å². The first-order valence-electron chi connectivity index (χ1n) is 6.27. The topological polar surface area (TPSA) is 78.1 Å². The second-order valence-corrected chi connectivity index (χ2v) is 4.67. The van der Waals surface area contributed by atoms with Gasteiger partial charge in [-0.05, 0) is 30.5 Å². The van der Waals surface area contributed by atoms with Crippen molar-refractivity contribution in [2.75, 3.05) is 12.8 Å². The third-order valence-corrected chi connectivity index (χ3v) is 3.21. The van der Waals surface area contributed by atoms with Gasteiger partial charge in [-0.3, -0.25) is 0 Å². The molecule has 1 aromatic carbocycles. The molecule has 0 aliphatic carbocycles. The molecule has 0 spiro atoms. The standard InChI is InChI=1S/C15H17N3O2/c1-9-4-5-11(6-10(9)2)7-13-17-8-12(14(16)18-13)15(19)20-3/h4-6,8H,7H2,1-3H3,(H2,16,17,18). The maximum atomic E-state index is 11.4. The van der Waals surface area contributed by atoms with E-state index in [1.807, 2.05) is 6.07 Å². The highest BCUT2D eigenvalue weighted by atomic mass is 16.5. The molecular weight excluding hydrogens is 254 g/mol. The van der Waals surface area contributed by atoms with E-state index in [2.05, 4.69) is 40.7 Å². The van der Waals surface area contributed by atoms with Gasteiger partial charge in [0.2, 0.25) is 0 Å². The lowest BCUT2D eigenvalue weighted by Gasteiger charge is -2.07. The van der Waals surface area contributed by atoms with Gasteiger partial charge in [-0.15, -0.1) is 0 Å². The molecule has 0 unspecified atom stereocenters. The number of carbonyl (C=O) groups is 1. The molecule has 0 amide bonds. The molecule has 0 saturated carbocycles. The van der Waals surface area contributed by atoms with E-state index in [0.717, 1.165) is 5.56 Å². The van der Waals surface area contributed by atoms with Gasteiger partial charge >= 0.3 is 5.97 Å². The Morgan fingerprint density at radius 3 is 2.65 bits per heavy atom. The Kier molecular flexibility index (Phi) is 3.98. The summed E-state index contributed by atoms with van der Waals surface area (Å²) in [5, 5.41) is 0. The summed E-state index contributed by atoms with van der Waals surface area (Å²) in [6, 6.07) is 6.20. The predicted molar refractivity (Wildman–Crippen MR) is 76.5 cm³/mol. The minimum absolute atomic E-state index is 0.144. The van der Waals surface area contributed by atoms with Crippen molar-refractivity contribution in [1.82, 2.24) is 9.97 Å². The normalized spacial score (nSPS) is 10.3. The summed E-state index contributed by atoms with van der Waals surface area (Å²) in [6.45, 7) is 4.13. The van der Waals surface area contributed by atoms with Gasteiger partial charge in [0.1, 0.15) is 17.2 Å². The number of nitrogens with two attached hydrogens (primary N) is 1. The monoisotopic (exact) mass is 271 g/mol. The van der Waals surface area contributed by atoms with Gasteiger partial charge in [-0.2, -0.15) is 0 Å². The molecule has 1 aromatic heterocycles. The van der Waals surface area contributed by atoms with Gasteiger partial charge in [-0.1, -0.05) is 18.2 Å². The minimum Gasteiger partial charge on any atom is -0.465 e. The lowest BCUT2D eigenvalue weighted by atomic mass is 10.0. The summed E-state index contributed by atoms with van der Waals surface area (Å²) in [4.78, 5) is 19.7. The molecular formula is C15H17N3O2. The second-order valence-electron chi connectivity index (χ2n) is 4.67. The molecule has 20 heavy (non-hydrogen) atoms. The fraction of sp³-hybridized carbons (Fsp3) is 0.267. The van der Waals surface area contributed by atoms with E-state index < -0.39 is 5.97 Å². The van der Waals surface area contributed by atoms with E-state index in [1.165, 1.54) is 24.4 Å². The van der Waals surface area contributed by atoms with Gasteiger partial charge in [0.05, 0.1) is 7.11 Å². The van der Waals surface area contributed by atoms with Crippen LogP contribution >= 0.6 is 0 Å². The van der Waals surface area contributed by atoms with E-state index in [0.29, 0.717) is 12.2 Å². The van der Waals surface area contributed by atoms with Gasteiger partial charge in [0.15, 0.2) is 0 Å². The van der Waals surface area contributed by atoms with Crippen LogP contribution < -0.4 is 5.73 Å². The lowest BCUT2D eigenvalue weighted by Crippen LogP contribution is -2.10. The average Bonchev–Trinajstić information content (AvgIpc) is 2.42. The molecule has 5 nitrogen and oxygen atoms in total. The molecule has 0 aliphatic rings. The van der Waals surface area contributed by atoms with Crippen LogP contribution in [0.15, 0.2) is 24.4 Å². The fourth-order valence-electron chi connectivity index (χ4n) is 1.88. The van der Waals surface area contributed by atoms with E-state index >= 15 is 0 Å². The number of aryl methyl sites for hydroxylation is 2. The van der Waals surface area contributed by atoms with E-state index in [1.54, 1.807) is 0 Å². The minimum atomic E-state index is -0.528. The molecule has 0 bridgehead atoms. The molecule has 0 aliphatic heterocycles. The summed E-state index contributed by atoms with van der Waals surface area (Å²) in [7, 11) is 1.30. The van der Waals surface area contributed by atoms with Gasteiger partial charge in [-0.25, -0.2) is 14.8 Å². The Hall–Kier alpha value is -2.43. The zero-order valence-corrected chi connectivity index (χ0v) is 11.8. The third-order valence-electron chi connectivity index (χ3n) is 3.21. The summed E-state index contributed by atoms with van der Waals surface area (Å²) >= 11 is 0. The molecule has 2 aromatic rings. The Morgan fingerprint density at radius 2 is 2.05 bits per heavy atom. The Labute approximate surface area is 117 Å². The highest BCUT2D eigenvalue weighted by Crippen LogP contribution is 2.14. The van der Waals surface area contributed by atoms with Crippen molar-refractivity contribution in [3.63, 3.8) is 0 Å². The Morgan fingerprint density at radius 1 is 1.30 bits per heavy atom. The smallest absolute Gasteiger partial charge is 0.343 e. The molecule has 2 rings (SSSR count). The lowest BCUT2D eigenvalue weighted by molar-refractivity contribution is 0.0601. The molecule has 104 valence electrons. The average molecular weight is 271 g/mol. The number of aromatic nitrogens is 2. The van der Waals surface area contributed by atoms with Crippen LogP contribution in [0.25, 0.3) is 0 Å². The number of anilines is 1. The first-order chi connectivity index (χ1) is 9.51. The molecule has 0 radical (unpaired) electrons. The van der Waals surface area contributed by atoms with Crippen LogP contribution in [0.2, 0.25) is 0 Å². The Balaban J connectivity index is 2.24. The number of nitrogen functional groups attached to an aromatic ring is 1. The van der Waals surface area contributed by atoms with Crippen molar-refractivity contribution >= 4 is 11.8 Å². The van der Waals surface area contributed by atoms with E-state index in [9.17, 15) is 4.79 Å². The summed E-state index contributed by atoms with van der Waals surface area (Å²) in [5.74, 6) is 0.198. The molecule has 0 saturated heterocycles. The van der Waals surface area contributed by atoms with Crippen LogP contribution in [-0.4, -0.2) is 23.0 Å². The Bertz CT molecular complexity index is 654. The number of esters is 1. The van der Waals surface area contributed by atoms with Gasteiger partial charge in [0, 0.05) is 12.6 Å². The van der Waals surface area contributed by atoms with Crippen molar-refractivity contribution in [2.24, 2.45) is 0 Å². The molecule has 0 fully saturated rings. The van der Waals surface area contributed by atoms with Crippen LogP contribution in [-0.2, 0) is 11.2 Å². The van der Waals surface area contributed by atoms with Crippen LogP contribution in [0.4, 0.5) is 5.82 Å². The maximum Gasteiger partial charge on any atom is 0.343 e. The number of carbonyl (C=O) groups excluding carboxylic acids is 1. The van der Waals surface area contributed by atoms with Crippen molar-refractivity contribution in [2.45, 2.75) is 20.3 Å². The van der Waals surface area contributed by atoms with Crippen LogP contribution in [0.3, 0.4) is 0 Å². The SMILES string of the molecule is COC(=O)c1cnc(Cc2ccc(C)c(C)c2)nc1N. The number of hydrogen-bond acceptors (Lipinski definition) is 5. The first-order valence-corrected chi connectivity index (χ1v) is 6.27. The summed E-state index contributed by atoms with van der Waals surface area (Å²) < 4.78 is 4.61. The molecule has 0 atom stereocenters. The van der Waals surface area contributed by atoms with Crippen molar-refractivity contribution in [1.29, 1.82) is 0 Å². The van der Waals surface area contributed by atoms with Gasteiger partial charge < -0.3 is 10.5 Å². The fourth-order valence-corrected chi connectivity index (χ4v) is 1.88. The molecule has 5 heteroatoms. The first kappa shape index (κ1) is 14.0. The highest BCUT2D eigenvalue weighted by Gasteiger charge is 2.12. The van der Waals surface area contributed by atoms with Crippen molar-refractivity contribution in [3.05, 3.63) is 52.5 Å². The number of ether oxygens (including phenoxy) is 1. The van der Waals surface area contributed by atoms with Gasteiger partial charge in [0.25, 0.3) is 0 Å². The summed E-state index contributed by atoms with van der Waals surface area (Å²) in [5.41, 5.74) is 9.52. The van der Waals surface area contributed by atoms with Crippen LogP contribution in [0, 0.1) is 13.8 Å². The quantitative estimate of drug-likeness (QED) is 0.864. The molecule has 2 N–H and O–H groups in total. The number of rotatable bonds is 3. The van der Waals surface area contributed by atoms with E-state index in [-0.39, 0.29) is 11.4 Å². The third kappa shape index (κ3) is 2.93. The number of methoxy groups -OCH3 is 1. The molecule has 1 heterocycles. The van der Waals surface area contributed by atoms with Crippen LogP contribution in [0.1, 0.15) is 32.9 Å². The van der Waals surface area contributed by atoms with Crippen molar-refractivity contribution in [3.8, 4) is 0 Å². The zero-order valence-electron chi connectivity index (χ0n) is 11.8. The highest BCUT2D eigenvalue weighted by molar-refractivity contribution is 5.93. The largest absolute Gasteiger partial charge is 0.465 e. The number of hydrogen-bond donors (Lipinski definition) is 1. The number of nitrogens with zero attached hydrogens (tertiary/aromatic N) is 2. The summed E-state index contributed by atoms with van der Waals surface area (Å²) in [6.07, 6.45) is 1.98.